The Kier molecular flexibility index (Phi) is 2.47. The second-order valence-electron chi connectivity index (χ2n) is 5.19. The average molecular weight is 219 g/mol. The Bertz CT molecular complexity index is 378. The van der Waals surface area contributed by atoms with Gasteiger partial charge in [0.1, 0.15) is 5.82 Å². The van der Waals surface area contributed by atoms with Crippen LogP contribution in [0, 0.1) is 11.7 Å². The van der Waals surface area contributed by atoms with E-state index < -0.39 is 0 Å². The van der Waals surface area contributed by atoms with E-state index in [1.165, 1.54) is 31.2 Å². The number of piperidine rings is 1. The highest BCUT2D eigenvalue weighted by atomic mass is 19.1. The first-order valence-electron chi connectivity index (χ1n) is 6.28. The van der Waals surface area contributed by atoms with Gasteiger partial charge in [-0.15, -0.1) is 0 Å². The second-order valence-corrected chi connectivity index (χ2v) is 5.19. The van der Waals surface area contributed by atoms with Gasteiger partial charge in [-0.05, 0) is 67.8 Å². The fraction of sp³-hybridized carbons (Fsp3) is 0.571. The molecule has 1 saturated heterocycles. The summed E-state index contributed by atoms with van der Waals surface area (Å²) in [4.78, 5) is 0. The Labute approximate surface area is 96.1 Å². The van der Waals surface area contributed by atoms with Crippen LogP contribution in [0.1, 0.15) is 31.2 Å². The van der Waals surface area contributed by atoms with E-state index in [0.717, 1.165) is 19.0 Å². The van der Waals surface area contributed by atoms with Crippen molar-refractivity contribution in [2.24, 2.45) is 5.92 Å². The van der Waals surface area contributed by atoms with Crippen molar-refractivity contribution in [2.45, 2.75) is 31.1 Å². The number of rotatable bonds is 2. The Morgan fingerprint density at radius 1 is 1.19 bits per heavy atom. The zero-order valence-electron chi connectivity index (χ0n) is 9.51. The van der Waals surface area contributed by atoms with E-state index in [4.69, 9.17) is 0 Å². The maximum absolute atomic E-state index is 13.3. The van der Waals surface area contributed by atoms with Gasteiger partial charge in [-0.2, -0.15) is 0 Å². The quantitative estimate of drug-likeness (QED) is 0.806. The third-order valence-corrected chi connectivity index (χ3v) is 4.31. The first kappa shape index (κ1) is 10.3. The molecule has 1 N–H and O–H groups in total. The monoisotopic (exact) mass is 219 g/mol. The minimum Gasteiger partial charge on any atom is -0.317 e. The largest absolute Gasteiger partial charge is 0.317 e. The second kappa shape index (κ2) is 3.85. The molecular weight excluding hydrogens is 201 g/mol. The summed E-state index contributed by atoms with van der Waals surface area (Å²) in [5, 5.41) is 3.40. The lowest BCUT2D eigenvalue weighted by Crippen LogP contribution is -2.34. The van der Waals surface area contributed by atoms with Gasteiger partial charge >= 0.3 is 0 Å². The van der Waals surface area contributed by atoms with Crippen LogP contribution in [0.3, 0.4) is 0 Å². The topological polar surface area (TPSA) is 12.0 Å². The van der Waals surface area contributed by atoms with Gasteiger partial charge in [0, 0.05) is 0 Å². The Morgan fingerprint density at radius 2 is 1.94 bits per heavy atom. The van der Waals surface area contributed by atoms with Crippen LogP contribution in [-0.4, -0.2) is 13.1 Å². The first-order valence-corrected chi connectivity index (χ1v) is 6.28. The zero-order chi connectivity index (χ0) is 11.0. The maximum Gasteiger partial charge on any atom is 0.123 e. The van der Waals surface area contributed by atoms with E-state index in [1.54, 1.807) is 12.1 Å². The van der Waals surface area contributed by atoms with Crippen molar-refractivity contribution in [2.75, 3.05) is 13.1 Å². The highest BCUT2D eigenvalue weighted by molar-refractivity contribution is 5.33. The number of hydrogen-bond donors (Lipinski definition) is 1. The Morgan fingerprint density at radius 3 is 2.56 bits per heavy atom. The highest BCUT2D eigenvalue weighted by Crippen LogP contribution is 2.56. The molecule has 1 nitrogen and oxygen atoms in total. The molecule has 0 unspecified atom stereocenters. The summed E-state index contributed by atoms with van der Waals surface area (Å²) in [6, 6.07) is 7.25. The standard InChI is InChI=1S/C14H18FN/c15-13-3-1-2-12(10-13)14(6-7-14)11-4-8-16-9-5-11/h1-3,10-11,16H,4-9H2. The number of halogens is 1. The van der Waals surface area contributed by atoms with Crippen LogP contribution < -0.4 is 5.32 Å². The lowest BCUT2D eigenvalue weighted by atomic mass is 9.77. The summed E-state index contributed by atoms with van der Waals surface area (Å²) < 4.78 is 13.3. The fourth-order valence-electron chi connectivity index (χ4n) is 3.24. The number of benzene rings is 1. The van der Waals surface area contributed by atoms with Gasteiger partial charge in [-0.1, -0.05) is 12.1 Å². The van der Waals surface area contributed by atoms with Crippen molar-refractivity contribution in [3.8, 4) is 0 Å². The molecule has 3 rings (SSSR count). The van der Waals surface area contributed by atoms with E-state index in [0.29, 0.717) is 5.41 Å². The molecule has 0 radical (unpaired) electrons. The molecule has 0 spiro atoms. The summed E-state index contributed by atoms with van der Waals surface area (Å²) in [5.41, 5.74) is 1.56. The van der Waals surface area contributed by atoms with Crippen LogP contribution in [0.4, 0.5) is 4.39 Å². The van der Waals surface area contributed by atoms with Crippen molar-refractivity contribution in [3.63, 3.8) is 0 Å². The van der Waals surface area contributed by atoms with Gasteiger partial charge in [-0.3, -0.25) is 0 Å². The summed E-state index contributed by atoms with van der Waals surface area (Å²) in [5.74, 6) is 0.674. The van der Waals surface area contributed by atoms with Crippen LogP contribution in [0.15, 0.2) is 24.3 Å². The molecule has 1 aromatic carbocycles. The molecule has 1 aromatic rings. The van der Waals surface area contributed by atoms with E-state index in [2.05, 4.69) is 11.4 Å². The van der Waals surface area contributed by atoms with E-state index in [1.807, 2.05) is 6.07 Å². The van der Waals surface area contributed by atoms with E-state index in [-0.39, 0.29) is 5.82 Å². The molecule has 0 bridgehead atoms. The molecule has 2 fully saturated rings. The summed E-state index contributed by atoms with van der Waals surface area (Å²) in [6.07, 6.45) is 5.00. The number of nitrogens with one attached hydrogen (secondary N) is 1. The van der Waals surface area contributed by atoms with Crippen molar-refractivity contribution in [1.82, 2.24) is 5.32 Å². The summed E-state index contributed by atoms with van der Waals surface area (Å²) in [7, 11) is 0. The molecule has 86 valence electrons. The summed E-state index contributed by atoms with van der Waals surface area (Å²) >= 11 is 0. The third kappa shape index (κ3) is 1.65. The molecule has 0 aromatic heterocycles. The Hall–Kier alpha value is -0.890. The molecule has 2 aliphatic rings. The van der Waals surface area contributed by atoms with Crippen molar-refractivity contribution < 1.29 is 4.39 Å². The normalized spacial score (nSPS) is 24.3. The summed E-state index contributed by atoms with van der Waals surface area (Å²) in [6.45, 7) is 2.25. The smallest absolute Gasteiger partial charge is 0.123 e. The van der Waals surface area contributed by atoms with Crippen molar-refractivity contribution >= 4 is 0 Å². The third-order valence-electron chi connectivity index (χ3n) is 4.31. The molecule has 0 atom stereocenters. The number of hydrogen-bond acceptors (Lipinski definition) is 1. The van der Waals surface area contributed by atoms with Crippen LogP contribution in [0.25, 0.3) is 0 Å². The van der Waals surface area contributed by atoms with E-state index in [9.17, 15) is 4.39 Å². The Balaban J connectivity index is 1.87. The van der Waals surface area contributed by atoms with Crippen LogP contribution >= 0.6 is 0 Å². The van der Waals surface area contributed by atoms with Crippen LogP contribution in [0.5, 0.6) is 0 Å². The predicted molar refractivity (Wildman–Crippen MR) is 62.9 cm³/mol. The lowest BCUT2D eigenvalue weighted by molar-refractivity contribution is 0.302. The molecule has 1 aliphatic heterocycles. The van der Waals surface area contributed by atoms with Crippen LogP contribution in [-0.2, 0) is 5.41 Å². The molecular formula is C14H18FN. The average Bonchev–Trinajstić information content (AvgIpc) is 3.11. The SMILES string of the molecule is Fc1cccc(C2(C3CCNCC3)CC2)c1. The molecule has 0 amide bonds. The van der Waals surface area contributed by atoms with Crippen molar-refractivity contribution in [1.29, 1.82) is 0 Å². The molecule has 16 heavy (non-hydrogen) atoms. The van der Waals surface area contributed by atoms with Gasteiger partial charge < -0.3 is 5.32 Å². The molecule has 1 saturated carbocycles. The minimum absolute atomic E-state index is 0.0855. The molecule has 2 heteroatoms. The fourth-order valence-corrected chi connectivity index (χ4v) is 3.24. The molecule has 1 aliphatic carbocycles. The van der Waals surface area contributed by atoms with Crippen molar-refractivity contribution in [3.05, 3.63) is 35.6 Å². The minimum atomic E-state index is -0.0855. The van der Waals surface area contributed by atoms with Crippen LogP contribution in [0.2, 0.25) is 0 Å². The predicted octanol–water partition coefficient (Wildman–Crippen LogP) is 2.86. The van der Waals surface area contributed by atoms with Gasteiger partial charge in [0.05, 0.1) is 0 Å². The van der Waals surface area contributed by atoms with Gasteiger partial charge in [-0.25, -0.2) is 4.39 Å². The van der Waals surface area contributed by atoms with E-state index >= 15 is 0 Å². The first-order chi connectivity index (χ1) is 7.81. The highest BCUT2D eigenvalue weighted by Gasteiger charge is 2.50. The molecule has 1 heterocycles. The lowest BCUT2D eigenvalue weighted by Gasteiger charge is -2.31. The zero-order valence-corrected chi connectivity index (χ0v) is 9.51. The maximum atomic E-state index is 13.3. The van der Waals surface area contributed by atoms with Gasteiger partial charge in [0.25, 0.3) is 0 Å². The van der Waals surface area contributed by atoms with Gasteiger partial charge in [0.15, 0.2) is 0 Å². The van der Waals surface area contributed by atoms with Gasteiger partial charge in [0.2, 0.25) is 0 Å².